The van der Waals surface area contributed by atoms with E-state index in [1.807, 2.05) is 11.4 Å². The van der Waals surface area contributed by atoms with Crippen molar-refractivity contribution in [3.63, 3.8) is 0 Å². The van der Waals surface area contributed by atoms with E-state index in [0.29, 0.717) is 0 Å². The molecule has 0 radical (unpaired) electrons. The molecule has 1 unspecified atom stereocenters. The Hall–Kier alpha value is 0.780. The van der Waals surface area contributed by atoms with Crippen LogP contribution in [0.15, 0.2) is 0 Å². The van der Waals surface area contributed by atoms with E-state index in [2.05, 4.69) is 15.4 Å². The molecule has 0 nitrogen and oxygen atoms in total. The van der Waals surface area contributed by atoms with Crippen molar-refractivity contribution in [3.05, 3.63) is 0 Å². The van der Waals surface area contributed by atoms with Crippen LogP contribution in [0.25, 0.3) is 0 Å². The van der Waals surface area contributed by atoms with Crippen molar-refractivity contribution in [2.75, 3.05) is 5.75 Å². The number of rotatable bonds is 8. The van der Waals surface area contributed by atoms with Gasteiger partial charge in [-0.3, -0.25) is 0 Å². The van der Waals surface area contributed by atoms with E-state index in [1.165, 1.54) is 50.7 Å². The van der Waals surface area contributed by atoms with Gasteiger partial charge in [-0.05, 0) is 12.2 Å². The second kappa shape index (κ2) is 10.8. The molecule has 0 N–H and O–H groups in total. The van der Waals surface area contributed by atoms with Crippen LogP contribution in [0.5, 0.6) is 0 Å². The van der Waals surface area contributed by atoms with Crippen molar-refractivity contribution < 1.29 is 0 Å². The van der Waals surface area contributed by atoms with Gasteiger partial charge in [-0.15, -0.1) is 11.4 Å². The molecule has 0 bridgehead atoms. The molecule has 0 spiro atoms. The summed E-state index contributed by atoms with van der Waals surface area (Å²) in [4.78, 5) is 0. The Balaban J connectivity index is 2.69. The second-order valence-electron chi connectivity index (χ2n) is 2.99. The molecule has 68 valence electrons. The summed E-state index contributed by atoms with van der Waals surface area (Å²) >= 11 is 1.89. The molecule has 0 aromatic carbocycles. The van der Waals surface area contributed by atoms with Crippen molar-refractivity contribution in [1.82, 2.24) is 0 Å². The van der Waals surface area contributed by atoms with E-state index in [-0.39, 0.29) is 0 Å². The van der Waals surface area contributed by atoms with Crippen LogP contribution in [0.3, 0.4) is 0 Å². The normalized spacial score (nSPS) is 10.4. The molecule has 0 aliphatic rings. The Morgan fingerprint density at radius 1 is 0.909 bits per heavy atom. The Bertz CT molecular complexity index is 58.6. The molecule has 0 heterocycles. The first-order valence-electron chi connectivity index (χ1n) is 4.73. The minimum absolute atomic E-state index is 1.32. The monoisotopic (exact) mass is 192 g/mol. The molecule has 0 saturated carbocycles. The zero-order chi connectivity index (χ0) is 8.36. The van der Waals surface area contributed by atoms with Gasteiger partial charge in [0.05, 0.1) is 0 Å². The van der Waals surface area contributed by atoms with Crippen LogP contribution in [0.4, 0.5) is 0 Å². The SMILES string of the molecule is CCCCCCCCCSP. The number of hydrogen-bond donors (Lipinski definition) is 0. The predicted molar refractivity (Wildman–Crippen MR) is 60.2 cm³/mol. The summed E-state index contributed by atoms with van der Waals surface area (Å²) in [7, 11) is 2.71. The van der Waals surface area contributed by atoms with Crippen LogP contribution in [0.1, 0.15) is 51.9 Å². The van der Waals surface area contributed by atoms with Crippen molar-refractivity contribution >= 4 is 19.8 Å². The zero-order valence-electron chi connectivity index (χ0n) is 7.64. The Labute approximate surface area is 77.9 Å². The van der Waals surface area contributed by atoms with Gasteiger partial charge in [0.2, 0.25) is 0 Å². The third-order valence-electron chi connectivity index (χ3n) is 1.87. The molecule has 2 heteroatoms. The van der Waals surface area contributed by atoms with Gasteiger partial charge in [0.15, 0.2) is 0 Å². The minimum Gasteiger partial charge on any atom is -0.141 e. The van der Waals surface area contributed by atoms with Gasteiger partial charge < -0.3 is 0 Å². The van der Waals surface area contributed by atoms with Crippen LogP contribution < -0.4 is 0 Å². The Kier molecular flexibility index (Phi) is 11.5. The molecule has 0 aromatic rings. The van der Waals surface area contributed by atoms with E-state index in [1.54, 1.807) is 0 Å². The molecule has 0 aliphatic carbocycles. The van der Waals surface area contributed by atoms with Gasteiger partial charge >= 0.3 is 0 Å². The van der Waals surface area contributed by atoms with Crippen LogP contribution in [0, 0.1) is 0 Å². The Morgan fingerprint density at radius 2 is 1.45 bits per heavy atom. The fraction of sp³-hybridized carbons (Fsp3) is 1.00. The van der Waals surface area contributed by atoms with Crippen LogP contribution in [0.2, 0.25) is 0 Å². The molecule has 11 heavy (non-hydrogen) atoms. The summed E-state index contributed by atoms with van der Waals surface area (Å²) in [5, 5.41) is 0. The highest BCUT2D eigenvalue weighted by Crippen LogP contribution is 2.14. The topological polar surface area (TPSA) is 0 Å². The Morgan fingerprint density at radius 3 is 2.00 bits per heavy atom. The van der Waals surface area contributed by atoms with Crippen molar-refractivity contribution in [3.8, 4) is 0 Å². The highest BCUT2D eigenvalue weighted by atomic mass is 32.7. The fourth-order valence-electron chi connectivity index (χ4n) is 1.14. The maximum Gasteiger partial charge on any atom is -0.00310 e. The summed E-state index contributed by atoms with van der Waals surface area (Å²) in [6, 6.07) is 0. The van der Waals surface area contributed by atoms with Crippen LogP contribution >= 0.6 is 19.8 Å². The molecule has 0 saturated heterocycles. The van der Waals surface area contributed by atoms with E-state index in [0.717, 1.165) is 0 Å². The van der Waals surface area contributed by atoms with Crippen LogP contribution in [-0.2, 0) is 0 Å². The maximum atomic E-state index is 2.71. The standard InChI is InChI=1S/C9H21PS/c1-2-3-4-5-6-7-8-9-11-10/h2-10H2,1H3. The van der Waals surface area contributed by atoms with E-state index >= 15 is 0 Å². The van der Waals surface area contributed by atoms with Crippen molar-refractivity contribution in [1.29, 1.82) is 0 Å². The van der Waals surface area contributed by atoms with Crippen molar-refractivity contribution in [2.45, 2.75) is 51.9 Å². The number of unbranched alkanes of at least 4 members (excludes halogenated alkanes) is 6. The van der Waals surface area contributed by atoms with Gasteiger partial charge in [0.1, 0.15) is 0 Å². The van der Waals surface area contributed by atoms with Gasteiger partial charge in [0.25, 0.3) is 0 Å². The lowest BCUT2D eigenvalue weighted by Gasteiger charge is -1.98. The lowest BCUT2D eigenvalue weighted by atomic mass is 10.1. The maximum absolute atomic E-state index is 2.71. The quantitative estimate of drug-likeness (QED) is 0.409. The van der Waals surface area contributed by atoms with E-state index in [9.17, 15) is 0 Å². The third-order valence-corrected chi connectivity index (χ3v) is 3.10. The second-order valence-corrected chi connectivity index (χ2v) is 4.73. The summed E-state index contributed by atoms with van der Waals surface area (Å²) in [6.07, 6.45) is 9.98. The molecule has 0 aliphatic heterocycles. The molecule has 0 fully saturated rings. The molecular formula is C9H21PS. The van der Waals surface area contributed by atoms with Gasteiger partial charge in [-0.1, -0.05) is 53.9 Å². The van der Waals surface area contributed by atoms with Gasteiger partial charge in [0, 0.05) is 0 Å². The zero-order valence-corrected chi connectivity index (χ0v) is 9.61. The first kappa shape index (κ1) is 11.8. The average Bonchev–Trinajstić information content (AvgIpc) is 2.03. The van der Waals surface area contributed by atoms with Gasteiger partial charge in [-0.2, -0.15) is 0 Å². The largest absolute Gasteiger partial charge is 0.141 e. The average molecular weight is 192 g/mol. The summed E-state index contributed by atoms with van der Waals surface area (Å²) < 4.78 is 0. The van der Waals surface area contributed by atoms with Gasteiger partial charge in [-0.25, -0.2) is 0 Å². The lowest BCUT2D eigenvalue weighted by molar-refractivity contribution is 0.604. The molecular weight excluding hydrogens is 171 g/mol. The highest BCUT2D eigenvalue weighted by Gasteiger charge is 1.89. The van der Waals surface area contributed by atoms with Crippen LogP contribution in [-0.4, -0.2) is 5.75 Å². The fourth-order valence-corrected chi connectivity index (χ4v) is 2.01. The highest BCUT2D eigenvalue weighted by molar-refractivity contribution is 8.43. The molecule has 0 aromatic heterocycles. The summed E-state index contributed by atoms with van der Waals surface area (Å²) in [5.74, 6) is 1.32. The van der Waals surface area contributed by atoms with Crippen molar-refractivity contribution in [2.24, 2.45) is 0 Å². The smallest absolute Gasteiger partial charge is 0.00310 e. The first-order valence-corrected chi connectivity index (χ1v) is 7.19. The molecule has 0 amide bonds. The minimum atomic E-state index is 1.32. The number of hydrogen-bond acceptors (Lipinski definition) is 1. The summed E-state index contributed by atoms with van der Waals surface area (Å²) in [6.45, 7) is 2.27. The first-order chi connectivity index (χ1) is 5.41. The molecule has 0 rings (SSSR count). The lowest BCUT2D eigenvalue weighted by Crippen LogP contribution is -1.80. The summed E-state index contributed by atoms with van der Waals surface area (Å²) in [5.41, 5.74) is 0. The van der Waals surface area contributed by atoms with E-state index in [4.69, 9.17) is 0 Å². The molecule has 1 atom stereocenters. The predicted octanol–water partition coefficient (Wildman–Crippen LogP) is 4.26. The van der Waals surface area contributed by atoms with E-state index < -0.39 is 0 Å². The third kappa shape index (κ3) is 10.8.